The molecule has 0 radical (unpaired) electrons. The van der Waals surface area contributed by atoms with E-state index in [1.54, 1.807) is 0 Å². The molecule has 1 atom stereocenters. The summed E-state index contributed by atoms with van der Waals surface area (Å²) in [5, 5.41) is 4.19. The lowest BCUT2D eigenvalue weighted by Crippen LogP contribution is -2.19. The van der Waals surface area contributed by atoms with Crippen LogP contribution in [0.1, 0.15) is 24.1 Å². The van der Waals surface area contributed by atoms with Gasteiger partial charge in [0.1, 0.15) is 0 Å². The Hall–Kier alpha value is -1.81. The number of nitrogens with zero attached hydrogens (tertiary/aromatic N) is 3. The van der Waals surface area contributed by atoms with Crippen LogP contribution in [0.5, 0.6) is 0 Å². The van der Waals surface area contributed by atoms with Gasteiger partial charge in [-0.15, -0.1) is 0 Å². The van der Waals surface area contributed by atoms with Crippen molar-refractivity contribution < 1.29 is 0 Å². The van der Waals surface area contributed by atoms with E-state index in [1.807, 2.05) is 43.2 Å². The summed E-state index contributed by atoms with van der Waals surface area (Å²) in [6, 6.07) is 8.30. The standard InChI is InChI=1S/C14H20N4/c1-11(15)13-6-4-5-7-14(13)17(2)9-12-8-16-18(3)10-12/h4-8,10-11H,9,15H2,1-3H3/t11-/m0/s1. The number of para-hydroxylation sites is 1. The first-order chi connectivity index (χ1) is 8.58. The van der Waals surface area contributed by atoms with E-state index in [4.69, 9.17) is 5.73 Å². The molecule has 0 fully saturated rings. The highest BCUT2D eigenvalue weighted by atomic mass is 15.2. The molecule has 0 aliphatic heterocycles. The highest BCUT2D eigenvalue weighted by molar-refractivity contribution is 5.54. The zero-order valence-corrected chi connectivity index (χ0v) is 11.2. The summed E-state index contributed by atoms with van der Waals surface area (Å²) >= 11 is 0. The molecule has 0 aliphatic rings. The first kappa shape index (κ1) is 12.6. The fraction of sp³-hybridized carbons (Fsp3) is 0.357. The molecule has 0 amide bonds. The second kappa shape index (κ2) is 5.23. The maximum absolute atomic E-state index is 6.01. The van der Waals surface area contributed by atoms with Crippen molar-refractivity contribution in [2.45, 2.75) is 19.5 Å². The number of nitrogens with two attached hydrogens (primary N) is 1. The zero-order valence-electron chi connectivity index (χ0n) is 11.2. The van der Waals surface area contributed by atoms with E-state index in [0.717, 1.165) is 6.54 Å². The number of aryl methyl sites for hydroxylation is 1. The second-order valence-corrected chi connectivity index (χ2v) is 4.73. The van der Waals surface area contributed by atoms with Crippen molar-refractivity contribution in [3.8, 4) is 0 Å². The Bertz CT molecular complexity index is 516. The lowest BCUT2D eigenvalue weighted by atomic mass is 10.1. The molecular formula is C14H20N4. The predicted molar refractivity (Wildman–Crippen MR) is 74.4 cm³/mol. The van der Waals surface area contributed by atoms with E-state index in [9.17, 15) is 0 Å². The Morgan fingerprint density at radius 3 is 2.72 bits per heavy atom. The Morgan fingerprint density at radius 2 is 2.11 bits per heavy atom. The van der Waals surface area contributed by atoms with Crippen molar-refractivity contribution in [3.63, 3.8) is 0 Å². The van der Waals surface area contributed by atoms with E-state index in [-0.39, 0.29) is 6.04 Å². The van der Waals surface area contributed by atoms with E-state index in [1.165, 1.54) is 16.8 Å². The molecule has 18 heavy (non-hydrogen) atoms. The van der Waals surface area contributed by atoms with Crippen LogP contribution in [0.3, 0.4) is 0 Å². The Morgan fingerprint density at radius 1 is 1.39 bits per heavy atom. The van der Waals surface area contributed by atoms with Gasteiger partial charge in [-0.05, 0) is 18.6 Å². The summed E-state index contributed by atoms with van der Waals surface area (Å²) in [5.41, 5.74) is 9.55. The zero-order chi connectivity index (χ0) is 13.1. The van der Waals surface area contributed by atoms with E-state index in [2.05, 4.69) is 29.2 Å². The van der Waals surface area contributed by atoms with Crippen LogP contribution in [-0.4, -0.2) is 16.8 Å². The molecule has 2 rings (SSSR count). The first-order valence-electron chi connectivity index (χ1n) is 6.11. The maximum atomic E-state index is 6.01. The summed E-state index contributed by atoms with van der Waals surface area (Å²) in [7, 11) is 4.01. The van der Waals surface area contributed by atoms with Crippen molar-refractivity contribution in [2.24, 2.45) is 12.8 Å². The van der Waals surface area contributed by atoms with E-state index >= 15 is 0 Å². The van der Waals surface area contributed by atoms with Crippen LogP contribution in [0.15, 0.2) is 36.7 Å². The van der Waals surface area contributed by atoms with Gasteiger partial charge >= 0.3 is 0 Å². The van der Waals surface area contributed by atoms with Crippen LogP contribution >= 0.6 is 0 Å². The van der Waals surface area contributed by atoms with E-state index < -0.39 is 0 Å². The Balaban J connectivity index is 2.20. The SMILES string of the molecule is C[C@H](N)c1ccccc1N(C)Cc1cnn(C)c1. The highest BCUT2D eigenvalue weighted by Gasteiger charge is 2.10. The van der Waals surface area contributed by atoms with Gasteiger partial charge in [0.25, 0.3) is 0 Å². The molecule has 2 aromatic rings. The normalized spacial score (nSPS) is 12.4. The molecule has 4 heteroatoms. The average Bonchev–Trinajstić information content (AvgIpc) is 2.74. The minimum absolute atomic E-state index is 0.0394. The highest BCUT2D eigenvalue weighted by Crippen LogP contribution is 2.25. The van der Waals surface area contributed by atoms with Crippen LogP contribution < -0.4 is 10.6 Å². The van der Waals surface area contributed by atoms with Crippen LogP contribution in [0, 0.1) is 0 Å². The van der Waals surface area contributed by atoms with Gasteiger partial charge in [0.15, 0.2) is 0 Å². The summed E-state index contributed by atoms with van der Waals surface area (Å²) < 4.78 is 1.82. The number of anilines is 1. The van der Waals surface area contributed by atoms with Crippen molar-refractivity contribution in [1.29, 1.82) is 0 Å². The average molecular weight is 244 g/mol. The largest absolute Gasteiger partial charge is 0.370 e. The number of aromatic nitrogens is 2. The number of hydrogen-bond donors (Lipinski definition) is 1. The molecule has 4 nitrogen and oxygen atoms in total. The second-order valence-electron chi connectivity index (χ2n) is 4.73. The molecule has 2 N–H and O–H groups in total. The lowest BCUT2D eigenvalue weighted by Gasteiger charge is -2.23. The third-order valence-corrected chi connectivity index (χ3v) is 3.02. The van der Waals surface area contributed by atoms with Gasteiger partial charge in [-0.2, -0.15) is 5.10 Å². The fourth-order valence-electron chi connectivity index (χ4n) is 2.13. The summed E-state index contributed by atoms with van der Waals surface area (Å²) in [5.74, 6) is 0. The maximum Gasteiger partial charge on any atom is 0.0539 e. The molecule has 0 bridgehead atoms. The molecule has 0 unspecified atom stereocenters. The van der Waals surface area contributed by atoms with Gasteiger partial charge in [0.05, 0.1) is 6.20 Å². The monoisotopic (exact) mass is 244 g/mol. The summed E-state index contributed by atoms with van der Waals surface area (Å²) in [6.07, 6.45) is 3.93. The molecule has 1 heterocycles. The van der Waals surface area contributed by atoms with Gasteiger partial charge < -0.3 is 10.6 Å². The smallest absolute Gasteiger partial charge is 0.0539 e. The van der Waals surface area contributed by atoms with Crippen LogP contribution in [0.25, 0.3) is 0 Å². The van der Waals surface area contributed by atoms with Gasteiger partial charge in [-0.3, -0.25) is 4.68 Å². The number of benzene rings is 1. The summed E-state index contributed by atoms with van der Waals surface area (Å²) in [6.45, 7) is 2.84. The minimum atomic E-state index is 0.0394. The first-order valence-corrected chi connectivity index (χ1v) is 6.11. The third kappa shape index (κ3) is 2.71. The van der Waals surface area contributed by atoms with Crippen molar-refractivity contribution in [2.75, 3.05) is 11.9 Å². The van der Waals surface area contributed by atoms with Crippen molar-refractivity contribution in [3.05, 3.63) is 47.8 Å². The van der Waals surface area contributed by atoms with Crippen LogP contribution in [0.4, 0.5) is 5.69 Å². The third-order valence-electron chi connectivity index (χ3n) is 3.02. The molecule has 0 aliphatic carbocycles. The van der Waals surface area contributed by atoms with Crippen molar-refractivity contribution in [1.82, 2.24) is 9.78 Å². The van der Waals surface area contributed by atoms with E-state index in [0.29, 0.717) is 0 Å². The predicted octanol–water partition coefficient (Wildman–Crippen LogP) is 2.08. The van der Waals surface area contributed by atoms with Gasteiger partial charge in [0, 0.05) is 44.1 Å². The fourth-order valence-corrected chi connectivity index (χ4v) is 2.13. The summed E-state index contributed by atoms with van der Waals surface area (Å²) in [4.78, 5) is 2.20. The molecule has 1 aromatic heterocycles. The van der Waals surface area contributed by atoms with Gasteiger partial charge in [0.2, 0.25) is 0 Å². The Kier molecular flexibility index (Phi) is 3.67. The molecule has 0 saturated heterocycles. The molecule has 96 valence electrons. The van der Waals surface area contributed by atoms with Crippen molar-refractivity contribution >= 4 is 5.69 Å². The van der Waals surface area contributed by atoms with Crippen LogP contribution in [-0.2, 0) is 13.6 Å². The van der Waals surface area contributed by atoms with Gasteiger partial charge in [-0.1, -0.05) is 18.2 Å². The quantitative estimate of drug-likeness (QED) is 0.895. The number of hydrogen-bond acceptors (Lipinski definition) is 3. The van der Waals surface area contributed by atoms with Gasteiger partial charge in [-0.25, -0.2) is 0 Å². The molecule has 0 spiro atoms. The molecule has 1 aromatic carbocycles. The number of rotatable bonds is 4. The van der Waals surface area contributed by atoms with Crippen LogP contribution in [0.2, 0.25) is 0 Å². The Labute approximate surface area is 108 Å². The lowest BCUT2D eigenvalue weighted by molar-refractivity contribution is 0.766. The molecular weight excluding hydrogens is 224 g/mol. The minimum Gasteiger partial charge on any atom is -0.370 e. The molecule has 0 saturated carbocycles. The topological polar surface area (TPSA) is 47.1 Å².